The third-order valence-electron chi connectivity index (χ3n) is 3.25. The van der Waals surface area contributed by atoms with E-state index in [0.717, 1.165) is 17.1 Å². The number of aryl methyl sites for hydroxylation is 1. The maximum atomic E-state index is 5.45. The average molecular weight is 285 g/mol. The fourth-order valence-corrected chi connectivity index (χ4v) is 3.84. The first-order valence-corrected chi connectivity index (χ1v) is 7.63. The Balaban J connectivity index is 1.95. The molecule has 0 radical (unpaired) electrons. The molecule has 1 nitrogen and oxygen atoms in total. The number of hydrogen-bond acceptors (Lipinski definition) is 2. The van der Waals surface area contributed by atoms with Gasteiger partial charge in [0.15, 0.2) is 0 Å². The molecule has 0 saturated carbocycles. The zero-order valence-corrected chi connectivity index (χ0v) is 12.4. The van der Waals surface area contributed by atoms with Crippen molar-refractivity contribution in [1.29, 1.82) is 0 Å². The van der Waals surface area contributed by atoms with Gasteiger partial charge in [0.05, 0.1) is 10.7 Å². The molecule has 0 amide bonds. The predicted octanol–water partition coefficient (Wildman–Crippen LogP) is 4.97. The zero-order valence-electron chi connectivity index (χ0n) is 10.7. The summed E-state index contributed by atoms with van der Waals surface area (Å²) in [6, 6.07) is 17.1. The Hall–Kier alpha value is -1.32. The molecule has 0 aromatic heterocycles. The first-order valence-electron chi connectivity index (χ1n) is 6.34. The van der Waals surface area contributed by atoms with Gasteiger partial charge in [-0.15, -0.1) is 11.8 Å². The van der Waals surface area contributed by atoms with Crippen LogP contribution in [0.3, 0.4) is 0 Å². The lowest BCUT2D eigenvalue weighted by Gasteiger charge is -2.14. The molecule has 2 aromatic rings. The van der Waals surface area contributed by atoms with Gasteiger partial charge in [-0.2, -0.15) is 0 Å². The minimum absolute atomic E-state index is 0.393. The standard InChI is InChI=1S/C16H15NS2/c1-11-6-8-12(9-7-11)15-10-16(18)17-13-4-2-3-5-14(13)19-15/h2-9,15H,10H2,1H3,(H,17,18). The van der Waals surface area contributed by atoms with E-state index >= 15 is 0 Å². The van der Waals surface area contributed by atoms with Crippen LogP contribution in [0.1, 0.15) is 22.8 Å². The van der Waals surface area contributed by atoms with Crippen molar-refractivity contribution in [3.63, 3.8) is 0 Å². The first-order chi connectivity index (χ1) is 9.22. The highest BCUT2D eigenvalue weighted by Gasteiger charge is 2.21. The Kier molecular flexibility index (Phi) is 3.58. The molecule has 1 aliphatic heterocycles. The van der Waals surface area contributed by atoms with Crippen molar-refractivity contribution < 1.29 is 0 Å². The molecule has 2 aromatic carbocycles. The Morgan fingerprint density at radius 1 is 1.11 bits per heavy atom. The van der Waals surface area contributed by atoms with Gasteiger partial charge < -0.3 is 5.32 Å². The molecule has 1 heterocycles. The SMILES string of the molecule is Cc1ccc(C2CC(=S)Nc3ccccc3S2)cc1. The van der Waals surface area contributed by atoms with Gasteiger partial charge in [0.25, 0.3) is 0 Å². The Bertz CT molecular complexity index is 604. The van der Waals surface area contributed by atoms with Gasteiger partial charge >= 0.3 is 0 Å². The van der Waals surface area contributed by atoms with Gasteiger partial charge in [-0.1, -0.05) is 54.2 Å². The molecule has 0 aliphatic carbocycles. The van der Waals surface area contributed by atoms with E-state index < -0.39 is 0 Å². The summed E-state index contributed by atoms with van der Waals surface area (Å²) < 4.78 is 0. The Labute approximate surface area is 123 Å². The number of thioether (sulfide) groups is 1. The lowest BCUT2D eigenvalue weighted by atomic mass is 10.1. The summed E-state index contributed by atoms with van der Waals surface area (Å²) in [4.78, 5) is 2.19. The van der Waals surface area contributed by atoms with Crippen molar-refractivity contribution in [2.24, 2.45) is 0 Å². The highest BCUT2D eigenvalue weighted by atomic mass is 32.2. The third-order valence-corrected chi connectivity index (χ3v) is 4.85. The molecule has 3 rings (SSSR count). The normalized spacial score (nSPS) is 18.4. The van der Waals surface area contributed by atoms with Crippen LogP contribution in [0.15, 0.2) is 53.4 Å². The van der Waals surface area contributed by atoms with Gasteiger partial charge in [0.1, 0.15) is 0 Å². The van der Waals surface area contributed by atoms with Crippen molar-refractivity contribution in [3.8, 4) is 0 Å². The summed E-state index contributed by atoms with van der Waals surface area (Å²) in [5.74, 6) is 0. The number of anilines is 1. The molecule has 96 valence electrons. The average Bonchev–Trinajstić information content (AvgIpc) is 2.57. The van der Waals surface area contributed by atoms with Gasteiger partial charge in [-0.05, 0) is 24.6 Å². The molecule has 0 fully saturated rings. The smallest absolute Gasteiger partial charge is 0.0812 e. The predicted molar refractivity (Wildman–Crippen MR) is 87.1 cm³/mol. The molecular formula is C16H15NS2. The van der Waals surface area contributed by atoms with Crippen LogP contribution >= 0.6 is 24.0 Å². The number of benzene rings is 2. The van der Waals surface area contributed by atoms with Crippen LogP contribution in [0.4, 0.5) is 5.69 Å². The molecule has 0 bridgehead atoms. The lowest BCUT2D eigenvalue weighted by molar-refractivity contribution is 1.02. The number of fused-ring (bicyclic) bond motifs is 1. The molecule has 19 heavy (non-hydrogen) atoms. The monoisotopic (exact) mass is 285 g/mol. The second-order valence-corrected chi connectivity index (χ2v) is 6.50. The molecule has 3 heteroatoms. The number of hydrogen-bond donors (Lipinski definition) is 1. The van der Waals surface area contributed by atoms with Gasteiger partial charge in [-0.3, -0.25) is 0 Å². The fraction of sp³-hybridized carbons (Fsp3) is 0.188. The Morgan fingerprint density at radius 3 is 2.63 bits per heavy atom. The zero-order chi connectivity index (χ0) is 13.2. The summed E-state index contributed by atoms with van der Waals surface area (Å²) >= 11 is 7.34. The van der Waals surface area contributed by atoms with E-state index in [1.165, 1.54) is 16.0 Å². The number of nitrogens with one attached hydrogen (secondary N) is 1. The van der Waals surface area contributed by atoms with E-state index in [4.69, 9.17) is 12.2 Å². The Morgan fingerprint density at radius 2 is 1.84 bits per heavy atom. The van der Waals surface area contributed by atoms with Crippen LogP contribution in [-0.2, 0) is 0 Å². The largest absolute Gasteiger partial charge is 0.349 e. The van der Waals surface area contributed by atoms with Crippen molar-refractivity contribution >= 4 is 34.7 Å². The van der Waals surface area contributed by atoms with E-state index in [-0.39, 0.29) is 0 Å². The quantitative estimate of drug-likeness (QED) is 0.743. The molecule has 1 atom stereocenters. The molecule has 1 unspecified atom stereocenters. The van der Waals surface area contributed by atoms with E-state index in [9.17, 15) is 0 Å². The van der Waals surface area contributed by atoms with E-state index in [1.807, 2.05) is 17.8 Å². The van der Waals surface area contributed by atoms with E-state index in [0.29, 0.717) is 5.25 Å². The maximum absolute atomic E-state index is 5.45. The summed E-state index contributed by atoms with van der Waals surface area (Å²) in [6.45, 7) is 2.12. The maximum Gasteiger partial charge on any atom is 0.0812 e. The minimum Gasteiger partial charge on any atom is -0.349 e. The number of para-hydroxylation sites is 1. The highest BCUT2D eigenvalue weighted by molar-refractivity contribution is 7.99. The van der Waals surface area contributed by atoms with Crippen LogP contribution in [0.5, 0.6) is 0 Å². The van der Waals surface area contributed by atoms with E-state index in [1.54, 1.807) is 0 Å². The van der Waals surface area contributed by atoms with Gasteiger partial charge in [0, 0.05) is 16.6 Å². The van der Waals surface area contributed by atoms with Gasteiger partial charge in [-0.25, -0.2) is 0 Å². The minimum atomic E-state index is 0.393. The van der Waals surface area contributed by atoms with Crippen molar-refractivity contribution in [2.45, 2.75) is 23.5 Å². The second kappa shape index (κ2) is 5.35. The first kappa shape index (κ1) is 12.7. The van der Waals surface area contributed by atoms with Crippen LogP contribution < -0.4 is 5.32 Å². The van der Waals surface area contributed by atoms with E-state index in [2.05, 4.69) is 54.7 Å². The second-order valence-electron chi connectivity index (χ2n) is 4.77. The van der Waals surface area contributed by atoms with Crippen molar-refractivity contribution in [3.05, 3.63) is 59.7 Å². The molecule has 0 saturated heterocycles. The molecular weight excluding hydrogens is 270 g/mol. The summed E-state index contributed by atoms with van der Waals surface area (Å²) in [7, 11) is 0. The summed E-state index contributed by atoms with van der Waals surface area (Å²) in [6.07, 6.45) is 0.887. The fourth-order valence-electron chi connectivity index (χ4n) is 2.20. The lowest BCUT2D eigenvalue weighted by Crippen LogP contribution is -2.09. The van der Waals surface area contributed by atoms with Crippen LogP contribution in [0.25, 0.3) is 0 Å². The van der Waals surface area contributed by atoms with Crippen LogP contribution in [0, 0.1) is 6.92 Å². The molecule has 1 aliphatic rings. The van der Waals surface area contributed by atoms with Crippen molar-refractivity contribution in [2.75, 3.05) is 5.32 Å². The highest BCUT2D eigenvalue weighted by Crippen LogP contribution is 2.43. The number of thiocarbonyl (C=S) groups is 1. The number of rotatable bonds is 1. The van der Waals surface area contributed by atoms with Crippen molar-refractivity contribution in [1.82, 2.24) is 0 Å². The van der Waals surface area contributed by atoms with Gasteiger partial charge in [0.2, 0.25) is 0 Å². The summed E-state index contributed by atoms with van der Waals surface area (Å²) in [5, 5.41) is 3.74. The molecule has 1 N–H and O–H groups in total. The van der Waals surface area contributed by atoms with Crippen LogP contribution in [-0.4, -0.2) is 4.99 Å². The summed E-state index contributed by atoms with van der Waals surface area (Å²) in [5.41, 5.74) is 3.77. The molecule has 0 spiro atoms. The topological polar surface area (TPSA) is 12.0 Å². The third kappa shape index (κ3) is 2.82. The van der Waals surface area contributed by atoms with Crippen LogP contribution in [0.2, 0.25) is 0 Å².